The van der Waals surface area contributed by atoms with Gasteiger partial charge < -0.3 is 14.4 Å². The van der Waals surface area contributed by atoms with Crippen molar-refractivity contribution in [2.45, 2.75) is 0 Å². The summed E-state index contributed by atoms with van der Waals surface area (Å²) in [4.78, 5) is 4.45. The first-order chi connectivity index (χ1) is 11.8. The van der Waals surface area contributed by atoms with E-state index in [-0.39, 0.29) is 0 Å². The van der Waals surface area contributed by atoms with Crippen LogP contribution in [0.3, 0.4) is 0 Å². The zero-order chi connectivity index (χ0) is 16.5. The maximum atomic E-state index is 9.34. The highest BCUT2D eigenvalue weighted by molar-refractivity contribution is 5.85. The Morgan fingerprint density at radius 1 is 1.04 bits per heavy atom. The summed E-state index contributed by atoms with van der Waals surface area (Å²) in [6.07, 6.45) is 1.80. The van der Waals surface area contributed by atoms with Crippen molar-refractivity contribution < 1.29 is 14.4 Å². The van der Waals surface area contributed by atoms with E-state index in [1.54, 1.807) is 37.6 Å². The number of benzene rings is 2. The number of hydrogen-bond donors (Lipinski definition) is 1. The average molecular weight is 318 g/mol. The lowest BCUT2D eigenvalue weighted by Gasteiger charge is -2.06. The van der Waals surface area contributed by atoms with Crippen LogP contribution in [-0.4, -0.2) is 17.3 Å². The van der Waals surface area contributed by atoms with E-state index in [4.69, 9.17) is 9.15 Å². The van der Waals surface area contributed by atoms with Crippen LogP contribution in [0.5, 0.6) is 5.75 Å². The molecule has 4 aromatic rings. The molecule has 0 saturated carbocycles. The van der Waals surface area contributed by atoms with Crippen LogP contribution >= 0.6 is 0 Å². The van der Waals surface area contributed by atoms with Crippen molar-refractivity contribution in [2.24, 2.45) is 5.16 Å². The molecule has 0 radical (unpaired) electrons. The average Bonchev–Trinajstić information content (AvgIpc) is 2.66. The Hall–Kier alpha value is -3.34. The van der Waals surface area contributed by atoms with Crippen molar-refractivity contribution >= 4 is 21.7 Å². The van der Waals surface area contributed by atoms with Crippen LogP contribution in [0, 0.1) is 0 Å². The van der Waals surface area contributed by atoms with E-state index in [1.807, 2.05) is 30.3 Å². The van der Waals surface area contributed by atoms with Gasteiger partial charge in [-0.2, -0.15) is 0 Å². The molecular weight excluding hydrogens is 304 g/mol. The fourth-order valence-electron chi connectivity index (χ4n) is 2.70. The van der Waals surface area contributed by atoms with Crippen LogP contribution in [-0.2, 0) is 0 Å². The number of nitrogens with zero attached hydrogens (tertiary/aromatic N) is 2. The predicted molar refractivity (Wildman–Crippen MR) is 90.9 cm³/mol. The fourth-order valence-corrected chi connectivity index (χ4v) is 2.70. The second kappa shape index (κ2) is 5.70. The molecule has 0 aliphatic carbocycles. The summed E-state index contributed by atoms with van der Waals surface area (Å²) < 4.78 is 11.2. The molecule has 4 rings (SSSR count). The van der Waals surface area contributed by atoms with Crippen LogP contribution in [0.4, 0.5) is 0 Å². The Balaban J connectivity index is 1.97. The lowest BCUT2D eigenvalue weighted by Crippen LogP contribution is -2.03. The van der Waals surface area contributed by atoms with Crippen molar-refractivity contribution in [2.75, 3.05) is 7.11 Å². The summed E-state index contributed by atoms with van der Waals surface area (Å²) in [5, 5.41) is 15.9. The fraction of sp³-hybridized carbons (Fsp3) is 0.0526. The molecule has 0 saturated heterocycles. The van der Waals surface area contributed by atoms with E-state index in [0.29, 0.717) is 33.5 Å². The second-order valence-electron chi connectivity index (χ2n) is 5.37. The highest BCUT2D eigenvalue weighted by atomic mass is 16.5. The van der Waals surface area contributed by atoms with E-state index in [1.165, 1.54) is 0 Å². The standard InChI is InChI=1S/C19H14N2O3/c1-23-14-6-7-15-16(21-22)10-19(24-18(15)9-14)17-8-12-4-2-3-5-13(12)11-20-17/h2-11,22H,1H3. The van der Waals surface area contributed by atoms with Gasteiger partial charge >= 0.3 is 0 Å². The molecule has 0 aliphatic heterocycles. The highest BCUT2D eigenvalue weighted by Crippen LogP contribution is 2.25. The van der Waals surface area contributed by atoms with Gasteiger partial charge in [0.05, 0.1) is 7.11 Å². The summed E-state index contributed by atoms with van der Waals surface area (Å²) in [6.45, 7) is 0. The Bertz CT molecular complexity index is 1120. The third-order valence-electron chi connectivity index (χ3n) is 3.94. The molecule has 1 N–H and O–H groups in total. The number of pyridine rings is 1. The van der Waals surface area contributed by atoms with Gasteiger partial charge in [0.25, 0.3) is 0 Å². The van der Waals surface area contributed by atoms with Crippen molar-refractivity contribution in [3.8, 4) is 17.2 Å². The summed E-state index contributed by atoms with van der Waals surface area (Å²) in [5.74, 6) is 1.19. The van der Waals surface area contributed by atoms with E-state index in [9.17, 15) is 5.21 Å². The molecule has 0 bridgehead atoms. The third kappa shape index (κ3) is 2.36. The molecule has 0 unspecified atom stereocenters. The van der Waals surface area contributed by atoms with Crippen molar-refractivity contribution in [1.29, 1.82) is 0 Å². The van der Waals surface area contributed by atoms with Gasteiger partial charge in [0.15, 0.2) is 5.76 Å². The lowest BCUT2D eigenvalue weighted by atomic mass is 10.1. The third-order valence-corrected chi connectivity index (χ3v) is 3.94. The topological polar surface area (TPSA) is 67.8 Å². The highest BCUT2D eigenvalue weighted by Gasteiger charge is 2.09. The smallest absolute Gasteiger partial charge is 0.155 e. The van der Waals surface area contributed by atoms with Gasteiger partial charge in [0, 0.05) is 29.1 Å². The first-order valence-electron chi connectivity index (χ1n) is 7.43. The number of ether oxygens (including phenoxy) is 1. The molecule has 0 spiro atoms. The van der Waals surface area contributed by atoms with Crippen molar-refractivity contribution in [3.05, 3.63) is 66.2 Å². The number of aromatic nitrogens is 1. The SMILES string of the molecule is COc1ccc2c(=NO)cc(-c3cc4ccccc4cn3)oc2c1. The predicted octanol–water partition coefficient (Wildman–Crippen LogP) is 3.95. The molecule has 2 aromatic heterocycles. The van der Waals surface area contributed by atoms with Gasteiger partial charge in [-0.1, -0.05) is 29.4 Å². The summed E-state index contributed by atoms with van der Waals surface area (Å²) >= 11 is 0. The molecule has 0 fully saturated rings. The number of fused-ring (bicyclic) bond motifs is 2. The van der Waals surface area contributed by atoms with Crippen LogP contribution in [0.1, 0.15) is 0 Å². The molecule has 2 heterocycles. The number of hydrogen-bond acceptors (Lipinski definition) is 5. The molecule has 0 aliphatic rings. The molecule has 0 atom stereocenters. The Morgan fingerprint density at radius 3 is 2.67 bits per heavy atom. The van der Waals surface area contributed by atoms with Gasteiger partial charge in [-0.25, -0.2) is 0 Å². The van der Waals surface area contributed by atoms with Crippen LogP contribution < -0.4 is 10.1 Å². The molecule has 5 heteroatoms. The monoisotopic (exact) mass is 318 g/mol. The molecule has 5 nitrogen and oxygen atoms in total. The number of rotatable bonds is 2. The van der Waals surface area contributed by atoms with E-state index in [2.05, 4.69) is 10.1 Å². The minimum atomic E-state index is 0.420. The van der Waals surface area contributed by atoms with Gasteiger partial charge in [0.1, 0.15) is 22.4 Å². The Kier molecular flexibility index (Phi) is 3.39. The number of methoxy groups -OCH3 is 1. The van der Waals surface area contributed by atoms with E-state index in [0.717, 1.165) is 10.8 Å². The van der Waals surface area contributed by atoms with Gasteiger partial charge in [-0.15, -0.1) is 0 Å². The Morgan fingerprint density at radius 2 is 1.88 bits per heavy atom. The summed E-state index contributed by atoms with van der Waals surface area (Å²) in [7, 11) is 1.59. The van der Waals surface area contributed by atoms with Crippen LogP contribution in [0.2, 0.25) is 0 Å². The maximum Gasteiger partial charge on any atom is 0.155 e. The zero-order valence-electron chi connectivity index (χ0n) is 12.9. The van der Waals surface area contributed by atoms with E-state index < -0.39 is 0 Å². The van der Waals surface area contributed by atoms with Crippen molar-refractivity contribution in [3.63, 3.8) is 0 Å². The molecule has 0 amide bonds. The molecule has 118 valence electrons. The zero-order valence-corrected chi connectivity index (χ0v) is 12.9. The molecular formula is C19H14N2O3. The Labute approximate surface area is 137 Å². The summed E-state index contributed by atoms with van der Waals surface area (Å²) in [5.41, 5.74) is 1.23. The van der Waals surface area contributed by atoms with Gasteiger partial charge in [-0.3, -0.25) is 4.98 Å². The van der Waals surface area contributed by atoms with Crippen LogP contribution in [0.25, 0.3) is 33.2 Å². The van der Waals surface area contributed by atoms with Crippen LogP contribution in [0.15, 0.2) is 70.4 Å². The second-order valence-corrected chi connectivity index (χ2v) is 5.37. The summed E-state index contributed by atoms with van der Waals surface area (Å²) in [6, 6.07) is 16.9. The van der Waals surface area contributed by atoms with E-state index >= 15 is 0 Å². The largest absolute Gasteiger partial charge is 0.497 e. The maximum absolute atomic E-state index is 9.34. The minimum Gasteiger partial charge on any atom is -0.497 e. The minimum absolute atomic E-state index is 0.420. The normalized spacial score (nSPS) is 12.0. The van der Waals surface area contributed by atoms with Gasteiger partial charge in [0.2, 0.25) is 0 Å². The molecule has 24 heavy (non-hydrogen) atoms. The lowest BCUT2D eigenvalue weighted by molar-refractivity contribution is 0.302. The first kappa shape index (κ1) is 14.3. The quantitative estimate of drug-likeness (QED) is 0.449. The van der Waals surface area contributed by atoms with Gasteiger partial charge in [-0.05, 0) is 23.6 Å². The molecule has 2 aromatic carbocycles. The first-order valence-corrected chi connectivity index (χ1v) is 7.43. The van der Waals surface area contributed by atoms with Crippen molar-refractivity contribution in [1.82, 2.24) is 4.98 Å².